The summed E-state index contributed by atoms with van der Waals surface area (Å²) in [4.78, 5) is 32.3. The average molecular weight is 294 g/mol. The predicted octanol–water partition coefficient (Wildman–Crippen LogP) is 2.09. The molecule has 3 rings (SSSR count). The number of anilines is 1. The lowest BCUT2D eigenvalue weighted by molar-refractivity contribution is -0.135. The highest BCUT2D eigenvalue weighted by atomic mass is 16.2. The highest BCUT2D eigenvalue weighted by Gasteiger charge is 2.29. The molecule has 0 bridgehead atoms. The Hall–Kier alpha value is -3.02. The smallest absolute Gasteiger partial charge is 0.271 e. The van der Waals surface area contributed by atoms with Gasteiger partial charge in [0, 0.05) is 23.3 Å². The van der Waals surface area contributed by atoms with Crippen molar-refractivity contribution >= 4 is 17.6 Å². The van der Waals surface area contributed by atoms with Crippen molar-refractivity contribution in [2.24, 2.45) is 0 Å². The van der Waals surface area contributed by atoms with Crippen LogP contribution in [-0.4, -0.2) is 26.8 Å². The molecule has 2 heterocycles. The van der Waals surface area contributed by atoms with Crippen LogP contribution >= 0.6 is 0 Å². The minimum absolute atomic E-state index is 0.373. The molecule has 0 spiro atoms. The number of aromatic nitrogens is 2. The molecule has 22 heavy (non-hydrogen) atoms. The van der Waals surface area contributed by atoms with E-state index in [0.29, 0.717) is 17.2 Å². The molecule has 1 aliphatic heterocycles. The number of carbonyl (C=O) groups excluding carboxylic acids is 2. The second-order valence-electron chi connectivity index (χ2n) is 4.97. The van der Waals surface area contributed by atoms with Gasteiger partial charge >= 0.3 is 0 Å². The second-order valence-corrected chi connectivity index (χ2v) is 4.97. The topological polar surface area (TPSA) is 75.2 Å². The Morgan fingerprint density at radius 2 is 1.77 bits per heavy atom. The summed E-state index contributed by atoms with van der Waals surface area (Å²) in [6.45, 7) is 3.36. The molecule has 110 valence electrons. The maximum atomic E-state index is 11.9. The van der Waals surface area contributed by atoms with Gasteiger partial charge in [0.05, 0.1) is 5.69 Å². The molecule has 2 amide bonds. The first-order valence-electron chi connectivity index (χ1n) is 6.79. The molecule has 1 aliphatic rings. The minimum atomic E-state index is -0.403. The summed E-state index contributed by atoms with van der Waals surface area (Å²) < 4.78 is 0. The van der Waals surface area contributed by atoms with Gasteiger partial charge in [0.2, 0.25) is 0 Å². The zero-order valence-corrected chi connectivity index (χ0v) is 12.2. The quantitative estimate of drug-likeness (QED) is 0.877. The standard InChI is InChI=1S/C16H14N4O2/c1-10-8-15(21)20(16(10)22)19-14-9-13(17-11(2)18-14)12-6-4-3-5-7-12/h3-9H,1-2H3,(H,17,18,19). The van der Waals surface area contributed by atoms with E-state index < -0.39 is 5.91 Å². The number of benzene rings is 1. The number of imide groups is 1. The Morgan fingerprint density at radius 1 is 1.05 bits per heavy atom. The normalized spacial score (nSPS) is 14.3. The van der Waals surface area contributed by atoms with Crippen LogP contribution in [0.15, 0.2) is 48.0 Å². The SMILES string of the molecule is CC1=CC(=O)N(Nc2cc(-c3ccccc3)nc(C)n2)C1=O. The number of nitrogens with one attached hydrogen (secondary N) is 1. The molecule has 1 N–H and O–H groups in total. The molecule has 0 saturated carbocycles. The molecule has 0 radical (unpaired) electrons. The van der Waals surface area contributed by atoms with Crippen molar-refractivity contribution in [2.45, 2.75) is 13.8 Å². The van der Waals surface area contributed by atoms with Gasteiger partial charge < -0.3 is 0 Å². The summed E-state index contributed by atoms with van der Waals surface area (Å²) >= 11 is 0. The van der Waals surface area contributed by atoms with Crippen LogP contribution in [0.25, 0.3) is 11.3 Å². The van der Waals surface area contributed by atoms with E-state index in [1.807, 2.05) is 30.3 Å². The molecule has 0 fully saturated rings. The number of carbonyl (C=O) groups is 2. The minimum Gasteiger partial charge on any atom is -0.271 e. The maximum absolute atomic E-state index is 11.9. The van der Waals surface area contributed by atoms with Crippen molar-refractivity contribution < 1.29 is 9.59 Å². The monoisotopic (exact) mass is 294 g/mol. The Balaban J connectivity index is 1.91. The predicted molar refractivity (Wildman–Crippen MR) is 81.4 cm³/mol. The Morgan fingerprint density at radius 3 is 2.41 bits per heavy atom. The number of amides is 2. The number of nitrogens with zero attached hydrogens (tertiary/aromatic N) is 3. The Bertz CT molecular complexity index is 784. The maximum Gasteiger partial charge on any atom is 0.275 e. The van der Waals surface area contributed by atoms with E-state index >= 15 is 0 Å². The van der Waals surface area contributed by atoms with E-state index in [4.69, 9.17) is 0 Å². The van der Waals surface area contributed by atoms with Crippen LogP contribution < -0.4 is 5.43 Å². The molecule has 0 aliphatic carbocycles. The second kappa shape index (κ2) is 5.40. The molecule has 2 aromatic rings. The summed E-state index contributed by atoms with van der Waals surface area (Å²) in [5.41, 5.74) is 4.80. The third-order valence-electron chi connectivity index (χ3n) is 3.23. The van der Waals surface area contributed by atoms with Crippen molar-refractivity contribution in [3.63, 3.8) is 0 Å². The summed E-state index contributed by atoms with van der Waals surface area (Å²) in [6.07, 6.45) is 1.29. The lowest BCUT2D eigenvalue weighted by Crippen LogP contribution is -2.36. The largest absolute Gasteiger partial charge is 0.275 e. The van der Waals surface area contributed by atoms with Crippen LogP contribution in [-0.2, 0) is 9.59 Å². The van der Waals surface area contributed by atoms with Crippen LogP contribution in [0.1, 0.15) is 12.7 Å². The van der Waals surface area contributed by atoms with Gasteiger partial charge in [-0.25, -0.2) is 9.97 Å². The molecule has 0 unspecified atom stereocenters. The van der Waals surface area contributed by atoms with Gasteiger partial charge in [0.1, 0.15) is 11.6 Å². The number of hydrogen-bond donors (Lipinski definition) is 1. The zero-order valence-electron chi connectivity index (χ0n) is 12.2. The first-order chi connectivity index (χ1) is 10.5. The van der Waals surface area contributed by atoms with Gasteiger partial charge in [0.25, 0.3) is 11.8 Å². The van der Waals surface area contributed by atoms with Crippen LogP contribution in [0.4, 0.5) is 5.82 Å². The van der Waals surface area contributed by atoms with E-state index in [0.717, 1.165) is 16.3 Å². The Labute approximate surface area is 127 Å². The van der Waals surface area contributed by atoms with E-state index in [1.54, 1.807) is 19.9 Å². The average Bonchev–Trinajstić information content (AvgIpc) is 2.74. The number of hydrazine groups is 1. The van der Waals surface area contributed by atoms with Gasteiger partial charge in [-0.2, -0.15) is 5.01 Å². The fourth-order valence-corrected chi connectivity index (χ4v) is 2.19. The van der Waals surface area contributed by atoms with Crippen LogP contribution in [0.5, 0.6) is 0 Å². The zero-order chi connectivity index (χ0) is 15.7. The van der Waals surface area contributed by atoms with Crippen LogP contribution in [0, 0.1) is 6.92 Å². The fraction of sp³-hybridized carbons (Fsp3) is 0.125. The third-order valence-corrected chi connectivity index (χ3v) is 3.23. The number of aryl methyl sites for hydroxylation is 1. The van der Waals surface area contributed by atoms with Gasteiger partial charge in [-0.1, -0.05) is 30.3 Å². The van der Waals surface area contributed by atoms with Crippen molar-refractivity contribution in [3.8, 4) is 11.3 Å². The van der Waals surface area contributed by atoms with Crippen molar-refractivity contribution in [1.29, 1.82) is 0 Å². The molecule has 1 aromatic heterocycles. The van der Waals surface area contributed by atoms with Gasteiger partial charge in [-0.15, -0.1) is 0 Å². The van der Waals surface area contributed by atoms with Crippen LogP contribution in [0.2, 0.25) is 0 Å². The van der Waals surface area contributed by atoms with E-state index in [9.17, 15) is 9.59 Å². The lowest BCUT2D eigenvalue weighted by Gasteiger charge is -2.17. The Kier molecular flexibility index (Phi) is 3.42. The summed E-state index contributed by atoms with van der Waals surface area (Å²) in [5.74, 6) is 0.173. The summed E-state index contributed by atoms with van der Waals surface area (Å²) in [5, 5.41) is 0.950. The van der Waals surface area contributed by atoms with Crippen molar-refractivity contribution in [1.82, 2.24) is 15.0 Å². The highest BCUT2D eigenvalue weighted by molar-refractivity contribution is 6.16. The summed E-state index contributed by atoms with van der Waals surface area (Å²) in [6, 6.07) is 11.3. The first-order valence-corrected chi connectivity index (χ1v) is 6.79. The van der Waals surface area contributed by atoms with Crippen molar-refractivity contribution in [3.05, 3.63) is 53.9 Å². The molecule has 0 saturated heterocycles. The van der Waals surface area contributed by atoms with Crippen molar-refractivity contribution in [2.75, 3.05) is 5.43 Å². The first kappa shape index (κ1) is 13.9. The van der Waals surface area contributed by atoms with Gasteiger partial charge in [-0.3, -0.25) is 15.0 Å². The summed E-state index contributed by atoms with van der Waals surface area (Å²) in [7, 11) is 0. The molecular weight excluding hydrogens is 280 g/mol. The molecule has 0 atom stereocenters. The molecule has 6 heteroatoms. The van der Waals surface area contributed by atoms with E-state index in [-0.39, 0.29) is 5.91 Å². The molecule has 6 nitrogen and oxygen atoms in total. The lowest BCUT2D eigenvalue weighted by atomic mass is 10.1. The fourth-order valence-electron chi connectivity index (χ4n) is 2.19. The van der Waals surface area contributed by atoms with Gasteiger partial charge in [0.15, 0.2) is 0 Å². The van der Waals surface area contributed by atoms with E-state index in [2.05, 4.69) is 15.4 Å². The third kappa shape index (κ3) is 2.58. The van der Waals surface area contributed by atoms with E-state index in [1.165, 1.54) is 6.08 Å². The highest BCUT2D eigenvalue weighted by Crippen LogP contribution is 2.21. The molecule has 1 aromatic carbocycles. The van der Waals surface area contributed by atoms with Gasteiger partial charge in [-0.05, 0) is 13.8 Å². The molecular formula is C16H14N4O2. The number of rotatable bonds is 3. The van der Waals surface area contributed by atoms with Crippen LogP contribution in [0.3, 0.4) is 0 Å². The number of hydrogen-bond acceptors (Lipinski definition) is 5.